The van der Waals surface area contributed by atoms with Gasteiger partial charge < -0.3 is 10.1 Å². The number of para-hydroxylation sites is 1. The zero-order valence-electron chi connectivity index (χ0n) is 14.7. The summed E-state index contributed by atoms with van der Waals surface area (Å²) in [5.74, 6) is 1.09. The van der Waals surface area contributed by atoms with E-state index in [0.717, 1.165) is 21.9 Å². The van der Waals surface area contributed by atoms with E-state index in [9.17, 15) is 4.79 Å². The number of carbonyl (C=O) groups is 1. The van der Waals surface area contributed by atoms with Crippen molar-refractivity contribution in [3.05, 3.63) is 59.5 Å². The molecule has 1 amide bonds. The number of anilines is 1. The Morgan fingerprint density at radius 2 is 1.96 bits per heavy atom. The quantitative estimate of drug-likeness (QED) is 0.565. The molecule has 0 aliphatic rings. The van der Waals surface area contributed by atoms with Crippen molar-refractivity contribution >= 4 is 34.1 Å². The van der Waals surface area contributed by atoms with Gasteiger partial charge in [0.25, 0.3) is 0 Å². The van der Waals surface area contributed by atoms with Crippen LogP contribution in [0.25, 0.3) is 11.3 Å². The summed E-state index contributed by atoms with van der Waals surface area (Å²) < 4.78 is 5.65. The molecule has 2 aromatic carbocycles. The Balaban J connectivity index is 1.61. The van der Waals surface area contributed by atoms with E-state index >= 15 is 0 Å². The number of ether oxygens (including phenoxy) is 1. The Kier molecular flexibility index (Phi) is 6.30. The summed E-state index contributed by atoms with van der Waals surface area (Å²) in [6.45, 7) is 4.60. The molecule has 0 unspecified atom stereocenters. The van der Waals surface area contributed by atoms with Crippen LogP contribution < -0.4 is 10.1 Å². The van der Waals surface area contributed by atoms with Crippen LogP contribution in [0, 0.1) is 6.92 Å². The number of nitrogens with zero attached hydrogens (tertiary/aromatic N) is 1. The molecule has 1 aromatic heterocycles. The molecule has 3 aromatic rings. The summed E-state index contributed by atoms with van der Waals surface area (Å²) in [5.41, 5.74) is 2.95. The minimum absolute atomic E-state index is 0.0606. The van der Waals surface area contributed by atoms with Gasteiger partial charge in [-0.2, -0.15) is 0 Å². The lowest BCUT2D eigenvalue weighted by Crippen LogP contribution is -2.13. The largest absolute Gasteiger partial charge is 0.493 e. The zero-order chi connectivity index (χ0) is 18.4. The number of nitrogens with one attached hydrogen (secondary N) is 1. The topological polar surface area (TPSA) is 51.2 Å². The molecule has 26 heavy (non-hydrogen) atoms. The maximum Gasteiger partial charge on any atom is 0.236 e. The fraction of sp³-hybridized carbons (Fsp3) is 0.200. The Hall–Kier alpha value is -2.31. The number of thioether (sulfide) groups is 1. The third kappa shape index (κ3) is 4.86. The molecule has 1 heterocycles. The average molecular weight is 385 g/mol. The summed E-state index contributed by atoms with van der Waals surface area (Å²) in [5, 5.41) is 5.40. The minimum Gasteiger partial charge on any atom is -0.493 e. The lowest BCUT2D eigenvalue weighted by Gasteiger charge is -2.07. The number of hydrogen-bond acceptors (Lipinski definition) is 5. The molecule has 6 heteroatoms. The van der Waals surface area contributed by atoms with Crippen molar-refractivity contribution in [3.63, 3.8) is 0 Å². The summed E-state index contributed by atoms with van der Waals surface area (Å²) in [6, 6.07) is 15.9. The van der Waals surface area contributed by atoms with Crippen molar-refractivity contribution in [2.24, 2.45) is 0 Å². The van der Waals surface area contributed by atoms with E-state index in [1.165, 1.54) is 28.7 Å². The van der Waals surface area contributed by atoms with Gasteiger partial charge >= 0.3 is 0 Å². The van der Waals surface area contributed by atoms with E-state index in [2.05, 4.69) is 10.3 Å². The van der Waals surface area contributed by atoms with E-state index in [4.69, 9.17) is 4.74 Å². The van der Waals surface area contributed by atoms with Gasteiger partial charge in [0.2, 0.25) is 5.91 Å². The maximum absolute atomic E-state index is 12.2. The third-order valence-corrected chi connectivity index (χ3v) is 5.37. The van der Waals surface area contributed by atoms with Gasteiger partial charge in [-0.15, -0.1) is 23.1 Å². The van der Waals surface area contributed by atoms with Crippen LogP contribution in [0.15, 0.2) is 58.8 Å². The molecule has 0 aliphatic heterocycles. The van der Waals surface area contributed by atoms with Gasteiger partial charge in [-0.3, -0.25) is 4.79 Å². The molecule has 0 spiro atoms. The van der Waals surface area contributed by atoms with Crippen molar-refractivity contribution in [1.29, 1.82) is 0 Å². The number of aryl methyl sites for hydroxylation is 1. The van der Waals surface area contributed by atoms with Gasteiger partial charge in [0.05, 0.1) is 18.1 Å². The first kappa shape index (κ1) is 18.5. The second-order valence-electron chi connectivity index (χ2n) is 5.62. The van der Waals surface area contributed by atoms with Gasteiger partial charge in [0, 0.05) is 15.8 Å². The molecule has 0 aliphatic carbocycles. The molecule has 0 atom stereocenters. The number of thiazole rings is 1. The molecule has 3 rings (SSSR count). The molecule has 0 fully saturated rings. The van der Waals surface area contributed by atoms with Crippen LogP contribution in [-0.4, -0.2) is 23.3 Å². The molecular weight excluding hydrogens is 364 g/mol. The lowest BCUT2D eigenvalue weighted by molar-refractivity contribution is -0.113. The van der Waals surface area contributed by atoms with Crippen molar-refractivity contribution < 1.29 is 9.53 Å². The van der Waals surface area contributed by atoms with E-state index in [-0.39, 0.29) is 5.91 Å². The highest BCUT2D eigenvalue weighted by atomic mass is 32.2. The van der Waals surface area contributed by atoms with Crippen molar-refractivity contribution in [2.45, 2.75) is 18.7 Å². The van der Waals surface area contributed by atoms with Crippen molar-refractivity contribution in [1.82, 2.24) is 4.98 Å². The first-order valence-electron chi connectivity index (χ1n) is 8.32. The van der Waals surface area contributed by atoms with Crippen molar-refractivity contribution in [2.75, 3.05) is 17.7 Å². The predicted molar refractivity (Wildman–Crippen MR) is 109 cm³/mol. The highest BCUT2D eigenvalue weighted by Gasteiger charge is 2.11. The van der Waals surface area contributed by atoms with E-state index in [0.29, 0.717) is 17.5 Å². The number of carbonyl (C=O) groups excluding carboxylic acids is 1. The number of amides is 1. The molecular formula is C20H20N2O2S2. The van der Waals surface area contributed by atoms with E-state index in [1.807, 2.05) is 67.8 Å². The fourth-order valence-corrected chi connectivity index (χ4v) is 3.78. The van der Waals surface area contributed by atoms with Gasteiger partial charge in [-0.1, -0.05) is 29.8 Å². The summed E-state index contributed by atoms with van der Waals surface area (Å²) in [4.78, 5) is 17.8. The smallest absolute Gasteiger partial charge is 0.236 e. The minimum atomic E-state index is -0.0606. The fourth-order valence-electron chi connectivity index (χ4n) is 2.35. The Morgan fingerprint density at radius 3 is 2.73 bits per heavy atom. The monoisotopic (exact) mass is 384 g/mol. The standard InChI is InChI=1S/C20H20N2O2S2/c1-3-24-18-7-5-4-6-16(18)17-12-26-20(21-17)22-19(23)13-25-15-10-8-14(2)9-11-15/h4-12H,3,13H2,1-2H3,(H,21,22,23). The number of rotatable bonds is 7. The van der Waals surface area contributed by atoms with Crippen LogP contribution >= 0.6 is 23.1 Å². The molecule has 4 nitrogen and oxygen atoms in total. The van der Waals surface area contributed by atoms with E-state index < -0.39 is 0 Å². The van der Waals surface area contributed by atoms with Crippen LogP contribution in [0.1, 0.15) is 12.5 Å². The molecule has 1 N–H and O–H groups in total. The first-order valence-corrected chi connectivity index (χ1v) is 10.2. The SMILES string of the molecule is CCOc1ccccc1-c1csc(NC(=O)CSc2ccc(C)cc2)n1. The average Bonchev–Trinajstić information content (AvgIpc) is 3.10. The van der Waals surface area contributed by atoms with Gasteiger partial charge in [-0.25, -0.2) is 4.98 Å². The van der Waals surface area contributed by atoms with Crippen LogP contribution in [0.4, 0.5) is 5.13 Å². The Bertz CT molecular complexity index is 876. The second-order valence-corrected chi connectivity index (χ2v) is 7.52. The van der Waals surface area contributed by atoms with Gasteiger partial charge in [0.15, 0.2) is 5.13 Å². The summed E-state index contributed by atoms with van der Waals surface area (Å²) in [6.07, 6.45) is 0. The number of benzene rings is 2. The normalized spacial score (nSPS) is 10.5. The van der Waals surface area contributed by atoms with Gasteiger partial charge in [0.1, 0.15) is 5.75 Å². The molecule has 134 valence electrons. The number of hydrogen-bond donors (Lipinski definition) is 1. The van der Waals surface area contributed by atoms with Crippen LogP contribution in [0.2, 0.25) is 0 Å². The van der Waals surface area contributed by atoms with Crippen LogP contribution in [0.5, 0.6) is 5.75 Å². The van der Waals surface area contributed by atoms with Crippen LogP contribution in [-0.2, 0) is 4.79 Å². The van der Waals surface area contributed by atoms with Gasteiger partial charge in [-0.05, 0) is 38.1 Å². The second kappa shape index (κ2) is 8.87. The zero-order valence-corrected chi connectivity index (χ0v) is 16.3. The van der Waals surface area contributed by atoms with Crippen LogP contribution in [0.3, 0.4) is 0 Å². The molecule has 0 saturated heterocycles. The highest BCUT2D eigenvalue weighted by molar-refractivity contribution is 8.00. The molecule has 0 bridgehead atoms. The summed E-state index contributed by atoms with van der Waals surface area (Å²) >= 11 is 2.93. The van der Waals surface area contributed by atoms with E-state index in [1.54, 1.807) is 0 Å². The highest BCUT2D eigenvalue weighted by Crippen LogP contribution is 2.32. The molecule has 0 saturated carbocycles. The number of aromatic nitrogens is 1. The third-order valence-electron chi connectivity index (χ3n) is 3.60. The van der Waals surface area contributed by atoms with Crippen molar-refractivity contribution in [3.8, 4) is 17.0 Å². The molecule has 0 radical (unpaired) electrons. The predicted octanol–water partition coefficient (Wildman–Crippen LogP) is 5.25. The maximum atomic E-state index is 12.2. The Labute approximate surface area is 161 Å². The Morgan fingerprint density at radius 1 is 1.19 bits per heavy atom. The lowest BCUT2D eigenvalue weighted by atomic mass is 10.1. The first-order chi connectivity index (χ1) is 12.7. The summed E-state index contributed by atoms with van der Waals surface area (Å²) in [7, 11) is 0.